The molecule has 1 aromatic carbocycles. The van der Waals surface area contributed by atoms with Crippen molar-refractivity contribution in [2.45, 2.75) is 18.9 Å². The van der Waals surface area contributed by atoms with E-state index >= 15 is 0 Å². The molecule has 1 rings (SSSR count). The van der Waals surface area contributed by atoms with Crippen molar-refractivity contribution in [3.63, 3.8) is 0 Å². The van der Waals surface area contributed by atoms with Gasteiger partial charge in [0.05, 0.1) is 6.04 Å². The van der Waals surface area contributed by atoms with Gasteiger partial charge >= 0.3 is 0 Å². The zero-order chi connectivity index (χ0) is 13.1. The Labute approximate surface area is 110 Å². The van der Waals surface area contributed by atoms with E-state index in [1.54, 1.807) is 0 Å². The molecule has 0 bridgehead atoms. The second-order valence-electron chi connectivity index (χ2n) is 3.70. The molecule has 4 nitrogen and oxygen atoms in total. The fourth-order valence-electron chi connectivity index (χ4n) is 1.32. The molecule has 1 atom stereocenters. The maximum atomic E-state index is 13.1. The molecule has 0 fully saturated rings. The van der Waals surface area contributed by atoms with E-state index in [1.807, 2.05) is 0 Å². The minimum atomic E-state index is -3.37. The van der Waals surface area contributed by atoms with Gasteiger partial charge in [-0.1, -0.05) is 12.1 Å². The summed E-state index contributed by atoms with van der Waals surface area (Å²) in [7, 11) is 0. The van der Waals surface area contributed by atoms with Crippen molar-refractivity contribution in [2.24, 2.45) is 5.73 Å². The second-order valence-corrected chi connectivity index (χ2v) is 3.70. The van der Waals surface area contributed by atoms with Gasteiger partial charge in [-0.25, -0.2) is 8.78 Å². The van der Waals surface area contributed by atoms with Crippen molar-refractivity contribution in [2.75, 3.05) is 11.9 Å². The van der Waals surface area contributed by atoms with Crippen LogP contribution in [0.25, 0.3) is 0 Å². The van der Waals surface area contributed by atoms with Gasteiger partial charge in [-0.2, -0.15) is 0 Å². The summed E-state index contributed by atoms with van der Waals surface area (Å²) < 4.78 is 26.2. The lowest BCUT2D eigenvalue weighted by Gasteiger charge is -2.21. The molecule has 0 heterocycles. The normalized spacial score (nSPS) is 12.5. The minimum Gasteiger partial charge on any atom is -0.390 e. The van der Waals surface area contributed by atoms with Gasteiger partial charge in [0.25, 0.3) is 5.92 Å². The number of rotatable bonds is 4. The number of carbonyl (C=O) groups is 1. The van der Waals surface area contributed by atoms with Crippen LogP contribution in [-0.2, 0) is 4.79 Å². The van der Waals surface area contributed by atoms with Crippen LogP contribution in [0.15, 0.2) is 24.3 Å². The Morgan fingerprint density at radius 2 is 1.94 bits per heavy atom. The number of aliphatic hydroxyl groups is 1. The van der Waals surface area contributed by atoms with Gasteiger partial charge in [-0.3, -0.25) is 4.79 Å². The zero-order valence-electron chi connectivity index (χ0n) is 9.69. The number of nitrogens with one attached hydrogen (secondary N) is 1. The van der Waals surface area contributed by atoms with Crippen molar-refractivity contribution in [3.8, 4) is 0 Å². The third-order valence-corrected chi connectivity index (χ3v) is 2.26. The predicted octanol–water partition coefficient (Wildman–Crippen LogP) is 1.69. The number of aliphatic hydroxyl groups excluding tert-OH is 1. The van der Waals surface area contributed by atoms with Gasteiger partial charge in [0.2, 0.25) is 5.91 Å². The minimum absolute atomic E-state index is 0. The van der Waals surface area contributed by atoms with Crippen LogP contribution < -0.4 is 11.1 Å². The Bertz CT molecular complexity index is 399. The van der Waals surface area contributed by atoms with Crippen molar-refractivity contribution in [3.05, 3.63) is 29.8 Å². The van der Waals surface area contributed by atoms with Crippen LogP contribution in [-0.4, -0.2) is 23.5 Å². The number of benzene rings is 1. The van der Waals surface area contributed by atoms with E-state index in [0.29, 0.717) is 5.69 Å². The lowest BCUT2D eigenvalue weighted by molar-refractivity contribution is -0.114. The average Bonchev–Trinajstić information content (AvgIpc) is 2.28. The van der Waals surface area contributed by atoms with Crippen LogP contribution in [0.5, 0.6) is 0 Å². The number of carbonyl (C=O) groups excluding carboxylic acids is 1. The number of alkyl halides is 2. The predicted molar refractivity (Wildman–Crippen MR) is 67.0 cm³/mol. The lowest BCUT2D eigenvalue weighted by atomic mass is 10.0. The largest absolute Gasteiger partial charge is 0.390 e. The molecule has 0 unspecified atom stereocenters. The topological polar surface area (TPSA) is 75.4 Å². The van der Waals surface area contributed by atoms with E-state index in [9.17, 15) is 13.6 Å². The summed E-state index contributed by atoms with van der Waals surface area (Å²) in [4.78, 5) is 10.7. The van der Waals surface area contributed by atoms with Gasteiger partial charge in [-0.15, -0.1) is 12.4 Å². The molecule has 0 aliphatic heterocycles. The highest BCUT2D eigenvalue weighted by atomic mass is 35.5. The van der Waals surface area contributed by atoms with Crippen molar-refractivity contribution >= 4 is 24.0 Å². The van der Waals surface area contributed by atoms with Crippen LogP contribution in [0, 0.1) is 0 Å². The molecule has 0 aromatic heterocycles. The molecule has 1 aromatic rings. The van der Waals surface area contributed by atoms with Gasteiger partial charge in [0.15, 0.2) is 0 Å². The fraction of sp³-hybridized carbons (Fsp3) is 0.364. The Kier molecular flexibility index (Phi) is 6.17. The Hall–Kier alpha value is -1.24. The number of anilines is 1. The Balaban J connectivity index is 0.00000289. The highest BCUT2D eigenvalue weighted by molar-refractivity contribution is 5.88. The molecule has 4 N–H and O–H groups in total. The zero-order valence-corrected chi connectivity index (χ0v) is 10.5. The first-order valence-corrected chi connectivity index (χ1v) is 4.98. The van der Waals surface area contributed by atoms with Crippen molar-refractivity contribution in [1.29, 1.82) is 0 Å². The number of halogens is 3. The van der Waals surface area contributed by atoms with Crippen LogP contribution in [0.1, 0.15) is 18.5 Å². The average molecular weight is 281 g/mol. The summed E-state index contributed by atoms with van der Waals surface area (Å²) >= 11 is 0. The number of hydrogen-bond donors (Lipinski definition) is 3. The standard InChI is InChI=1S/C11H14F2N2O2.ClH/c1-7(17)15-9-4-2-8(3-5-9)10(14)11(12,13)6-16;/h2-5,10,16H,6,14H2,1H3,(H,15,17);1H/t10-;/m1./s1. The molecular weight excluding hydrogens is 266 g/mol. The van der Waals surface area contributed by atoms with E-state index in [1.165, 1.54) is 31.2 Å². The van der Waals surface area contributed by atoms with Crippen LogP contribution in [0.2, 0.25) is 0 Å². The quantitative estimate of drug-likeness (QED) is 0.786. The van der Waals surface area contributed by atoms with E-state index in [4.69, 9.17) is 10.8 Å². The van der Waals surface area contributed by atoms with E-state index in [2.05, 4.69) is 5.32 Å². The summed E-state index contributed by atoms with van der Waals surface area (Å²) in [5.74, 6) is -3.61. The smallest absolute Gasteiger partial charge is 0.289 e. The lowest BCUT2D eigenvalue weighted by Crippen LogP contribution is -2.36. The molecule has 1 amide bonds. The summed E-state index contributed by atoms with van der Waals surface area (Å²) in [5.41, 5.74) is 6.03. The van der Waals surface area contributed by atoms with Crippen LogP contribution in [0.4, 0.5) is 14.5 Å². The first-order chi connectivity index (χ1) is 7.86. The van der Waals surface area contributed by atoms with E-state index in [0.717, 1.165) is 0 Å². The molecule has 0 aliphatic rings. The van der Waals surface area contributed by atoms with Gasteiger partial charge in [0, 0.05) is 12.6 Å². The Morgan fingerprint density at radius 1 is 1.44 bits per heavy atom. The first kappa shape index (κ1) is 16.8. The summed E-state index contributed by atoms with van der Waals surface area (Å²) in [6.07, 6.45) is 0. The van der Waals surface area contributed by atoms with Crippen LogP contribution >= 0.6 is 12.4 Å². The number of amides is 1. The maximum Gasteiger partial charge on any atom is 0.289 e. The van der Waals surface area contributed by atoms with E-state index < -0.39 is 18.6 Å². The molecule has 0 saturated heterocycles. The third-order valence-electron chi connectivity index (χ3n) is 2.26. The van der Waals surface area contributed by atoms with Crippen molar-refractivity contribution < 1.29 is 18.7 Å². The SMILES string of the molecule is CC(=O)Nc1ccc([C@@H](N)C(F)(F)CO)cc1.Cl. The second kappa shape index (κ2) is 6.63. The monoisotopic (exact) mass is 280 g/mol. The highest BCUT2D eigenvalue weighted by Gasteiger charge is 2.37. The van der Waals surface area contributed by atoms with Gasteiger partial charge in [0.1, 0.15) is 6.61 Å². The third kappa shape index (κ3) is 4.21. The molecule has 0 radical (unpaired) electrons. The molecule has 0 aliphatic carbocycles. The first-order valence-electron chi connectivity index (χ1n) is 4.98. The van der Waals surface area contributed by atoms with Crippen molar-refractivity contribution in [1.82, 2.24) is 0 Å². The molecule has 0 saturated carbocycles. The molecule has 0 spiro atoms. The van der Waals surface area contributed by atoms with Gasteiger partial charge in [-0.05, 0) is 17.7 Å². The molecule has 102 valence electrons. The van der Waals surface area contributed by atoms with E-state index in [-0.39, 0.29) is 23.9 Å². The van der Waals surface area contributed by atoms with Gasteiger partial charge < -0.3 is 16.2 Å². The Morgan fingerprint density at radius 3 is 2.33 bits per heavy atom. The number of nitrogens with two attached hydrogens (primary N) is 1. The molecular formula is C11H15ClF2N2O2. The summed E-state index contributed by atoms with van der Waals surface area (Å²) in [6, 6.07) is 4.16. The fourth-order valence-corrected chi connectivity index (χ4v) is 1.32. The maximum absolute atomic E-state index is 13.1. The summed E-state index contributed by atoms with van der Waals surface area (Å²) in [6.45, 7) is 0.0428. The molecule has 7 heteroatoms. The highest BCUT2D eigenvalue weighted by Crippen LogP contribution is 2.29. The number of hydrogen-bond acceptors (Lipinski definition) is 3. The summed E-state index contributed by atoms with van der Waals surface area (Å²) in [5, 5.41) is 11.0. The van der Waals surface area contributed by atoms with Crippen LogP contribution in [0.3, 0.4) is 0 Å². The molecule has 18 heavy (non-hydrogen) atoms.